The maximum atomic E-state index is 12.0. The summed E-state index contributed by atoms with van der Waals surface area (Å²) in [6, 6.07) is 17.2. The number of allylic oxidation sites excluding steroid dienone is 3. The summed E-state index contributed by atoms with van der Waals surface area (Å²) in [5, 5.41) is 0. The summed E-state index contributed by atoms with van der Waals surface area (Å²) in [6.45, 7) is 0. The second-order valence-electron chi connectivity index (χ2n) is 4.14. The van der Waals surface area contributed by atoms with Crippen molar-refractivity contribution in [1.82, 2.24) is 0 Å². The van der Waals surface area contributed by atoms with Crippen molar-refractivity contribution in [1.29, 1.82) is 0 Å². The molecule has 0 aromatic heterocycles. The van der Waals surface area contributed by atoms with E-state index in [1.807, 2.05) is 48.5 Å². The van der Waals surface area contributed by atoms with Crippen LogP contribution in [0.3, 0.4) is 0 Å². The smallest absolute Gasteiger partial charge is 0.185 e. The predicted molar refractivity (Wildman–Crippen MR) is 91.0 cm³/mol. The highest BCUT2D eigenvalue weighted by Crippen LogP contribution is 2.15. The third-order valence-corrected chi connectivity index (χ3v) is 3.65. The van der Waals surface area contributed by atoms with Crippen LogP contribution in [0.2, 0.25) is 0 Å². The Morgan fingerprint density at radius 1 is 0.900 bits per heavy atom. The number of carbonyl (C=O) groups is 1. The van der Waals surface area contributed by atoms with Crippen molar-refractivity contribution in [2.24, 2.45) is 0 Å². The zero-order valence-electron chi connectivity index (χ0n) is 10.6. The molecule has 0 radical (unpaired) electrons. The van der Waals surface area contributed by atoms with Gasteiger partial charge in [0.25, 0.3) is 0 Å². The summed E-state index contributed by atoms with van der Waals surface area (Å²) < 4.78 is 1.82. The lowest BCUT2D eigenvalue weighted by Crippen LogP contribution is -1.93. The average molecular weight is 392 g/mol. The van der Waals surface area contributed by atoms with E-state index in [2.05, 4.69) is 31.9 Å². The Bertz CT molecular complexity index is 640. The van der Waals surface area contributed by atoms with Gasteiger partial charge in [0.2, 0.25) is 0 Å². The lowest BCUT2D eigenvalue weighted by molar-refractivity contribution is 0.104. The molecule has 2 aromatic carbocycles. The molecule has 0 amide bonds. The van der Waals surface area contributed by atoms with Gasteiger partial charge in [0, 0.05) is 14.5 Å². The molecule has 0 aliphatic heterocycles. The highest BCUT2D eigenvalue weighted by molar-refractivity contribution is 9.12. The molecular formula is C17H12Br2O. The second-order valence-corrected chi connectivity index (χ2v) is 5.98. The number of benzene rings is 2. The van der Waals surface area contributed by atoms with Crippen LogP contribution in [0.4, 0.5) is 0 Å². The fourth-order valence-electron chi connectivity index (χ4n) is 1.62. The second kappa shape index (κ2) is 7.36. The quantitative estimate of drug-likeness (QED) is 0.375. The van der Waals surface area contributed by atoms with Crippen LogP contribution < -0.4 is 0 Å². The van der Waals surface area contributed by atoms with Crippen molar-refractivity contribution in [2.75, 3.05) is 0 Å². The van der Waals surface area contributed by atoms with E-state index in [4.69, 9.17) is 0 Å². The Morgan fingerprint density at radius 2 is 1.55 bits per heavy atom. The molecular weight excluding hydrogens is 380 g/mol. The van der Waals surface area contributed by atoms with Crippen LogP contribution in [0.25, 0.3) is 6.08 Å². The molecule has 100 valence electrons. The Balaban J connectivity index is 2.07. The van der Waals surface area contributed by atoms with Gasteiger partial charge in [0.15, 0.2) is 5.78 Å². The molecule has 0 heterocycles. The normalized spacial score (nSPS) is 11.8. The van der Waals surface area contributed by atoms with Crippen LogP contribution in [-0.2, 0) is 0 Å². The zero-order chi connectivity index (χ0) is 14.4. The summed E-state index contributed by atoms with van der Waals surface area (Å²) in [4.78, 5) is 12.0. The molecule has 0 atom stereocenters. The molecule has 0 aliphatic carbocycles. The minimum Gasteiger partial charge on any atom is -0.289 e. The Labute approximate surface area is 135 Å². The van der Waals surface area contributed by atoms with Crippen molar-refractivity contribution < 1.29 is 4.79 Å². The van der Waals surface area contributed by atoms with Crippen LogP contribution in [-0.4, -0.2) is 5.78 Å². The van der Waals surface area contributed by atoms with Gasteiger partial charge in [-0.25, -0.2) is 0 Å². The van der Waals surface area contributed by atoms with Gasteiger partial charge in [-0.2, -0.15) is 0 Å². The van der Waals surface area contributed by atoms with Gasteiger partial charge in [0.1, 0.15) is 0 Å². The number of rotatable bonds is 4. The lowest BCUT2D eigenvalue weighted by Gasteiger charge is -1.96. The maximum Gasteiger partial charge on any atom is 0.185 e. The van der Waals surface area contributed by atoms with Crippen molar-refractivity contribution >= 4 is 43.7 Å². The summed E-state index contributed by atoms with van der Waals surface area (Å²) in [6.07, 6.45) is 5.29. The SMILES string of the molecule is O=C(C=CC(Br)=Cc1ccccc1)c1ccc(Br)cc1. The molecule has 0 saturated heterocycles. The molecule has 0 fully saturated rings. The summed E-state index contributed by atoms with van der Waals surface area (Å²) in [7, 11) is 0. The van der Waals surface area contributed by atoms with Gasteiger partial charge < -0.3 is 0 Å². The van der Waals surface area contributed by atoms with Gasteiger partial charge in [0.05, 0.1) is 0 Å². The van der Waals surface area contributed by atoms with Gasteiger partial charge >= 0.3 is 0 Å². The number of halogens is 2. The van der Waals surface area contributed by atoms with E-state index in [0.29, 0.717) is 5.56 Å². The van der Waals surface area contributed by atoms with Gasteiger partial charge in [-0.3, -0.25) is 4.79 Å². The monoisotopic (exact) mass is 390 g/mol. The third-order valence-electron chi connectivity index (χ3n) is 2.63. The van der Waals surface area contributed by atoms with Crippen LogP contribution in [0.5, 0.6) is 0 Å². The molecule has 2 rings (SSSR count). The van der Waals surface area contributed by atoms with E-state index in [9.17, 15) is 4.79 Å². The number of carbonyl (C=O) groups excluding carboxylic acids is 1. The first-order chi connectivity index (χ1) is 9.65. The maximum absolute atomic E-state index is 12.0. The first-order valence-corrected chi connectivity index (χ1v) is 7.64. The molecule has 0 unspecified atom stereocenters. The van der Waals surface area contributed by atoms with E-state index in [1.54, 1.807) is 24.3 Å². The molecule has 1 nitrogen and oxygen atoms in total. The fourth-order valence-corrected chi connectivity index (χ4v) is 2.28. The molecule has 0 N–H and O–H groups in total. The minimum atomic E-state index is -0.0177. The molecule has 0 bridgehead atoms. The van der Waals surface area contributed by atoms with E-state index in [0.717, 1.165) is 14.5 Å². The number of hydrogen-bond acceptors (Lipinski definition) is 1. The third kappa shape index (κ3) is 4.58. The van der Waals surface area contributed by atoms with Crippen LogP contribution in [0, 0.1) is 0 Å². The molecule has 0 saturated carbocycles. The molecule has 0 spiro atoms. The highest BCUT2D eigenvalue weighted by atomic mass is 79.9. The largest absolute Gasteiger partial charge is 0.289 e. The first-order valence-electron chi connectivity index (χ1n) is 6.05. The minimum absolute atomic E-state index is 0.0177. The van der Waals surface area contributed by atoms with Gasteiger partial charge in [-0.1, -0.05) is 62.2 Å². The first kappa shape index (κ1) is 14.9. The summed E-state index contributed by atoms with van der Waals surface area (Å²) >= 11 is 6.79. The predicted octanol–water partition coefficient (Wildman–Crippen LogP) is 5.62. The average Bonchev–Trinajstić information content (AvgIpc) is 2.46. The van der Waals surface area contributed by atoms with E-state index in [-0.39, 0.29) is 5.78 Å². The Morgan fingerprint density at radius 3 is 2.20 bits per heavy atom. The molecule has 20 heavy (non-hydrogen) atoms. The number of ketones is 1. The lowest BCUT2D eigenvalue weighted by atomic mass is 10.1. The van der Waals surface area contributed by atoms with E-state index < -0.39 is 0 Å². The van der Waals surface area contributed by atoms with Crippen molar-refractivity contribution in [3.05, 3.63) is 86.8 Å². The Hall–Kier alpha value is -1.45. The van der Waals surface area contributed by atoms with Crippen molar-refractivity contribution in [3.8, 4) is 0 Å². The van der Waals surface area contributed by atoms with Crippen molar-refractivity contribution in [2.45, 2.75) is 0 Å². The molecule has 3 heteroatoms. The van der Waals surface area contributed by atoms with E-state index in [1.165, 1.54) is 0 Å². The zero-order valence-corrected chi connectivity index (χ0v) is 13.8. The van der Waals surface area contributed by atoms with Crippen LogP contribution in [0.15, 0.2) is 75.7 Å². The topological polar surface area (TPSA) is 17.1 Å². The van der Waals surface area contributed by atoms with Crippen molar-refractivity contribution in [3.63, 3.8) is 0 Å². The van der Waals surface area contributed by atoms with Crippen LogP contribution >= 0.6 is 31.9 Å². The molecule has 2 aromatic rings. The summed E-state index contributed by atoms with van der Waals surface area (Å²) in [5.41, 5.74) is 1.75. The van der Waals surface area contributed by atoms with E-state index >= 15 is 0 Å². The van der Waals surface area contributed by atoms with Gasteiger partial charge in [-0.15, -0.1) is 0 Å². The molecule has 0 aliphatic rings. The standard InChI is InChI=1S/C17H12Br2O/c18-15-8-6-14(7-9-15)17(20)11-10-16(19)12-13-4-2-1-3-5-13/h1-12H. The highest BCUT2D eigenvalue weighted by Gasteiger charge is 2.00. The van der Waals surface area contributed by atoms with Gasteiger partial charge in [-0.05, 0) is 48.1 Å². The van der Waals surface area contributed by atoms with Crippen LogP contribution in [0.1, 0.15) is 15.9 Å². The fraction of sp³-hybridized carbons (Fsp3) is 0. The Kier molecular flexibility index (Phi) is 5.50. The number of hydrogen-bond donors (Lipinski definition) is 0. The summed E-state index contributed by atoms with van der Waals surface area (Å²) in [5.74, 6) is -0.0177.